The number of hydrogen-bond donors (Lipinski definition) is 1. The minimum absolute atomic E-state index is 0.183. The predicted octanol–water partition coefficient (Wildman–Crippen LogP) is 5.94. The number of anilines is 1. The average Bonchev–Trinajstić information content (AvgIpc) is 3.54. The maximum atomic E-state index is 13.7. The standard InChI is InChI=1S/C27H24FN5O2/c1-17-12-19(8-9-22(17)25(34)13-18-6-7-18)24-16-31-27-23(30-11-3-10-29)15-26(32-33(24)27)35-21-5-2-4-20(28)14-21/h2,4-5,8-9,12,14-16,18,30H,3,6-7,11,13H2,1H3. The van der Waals surface area contributed by atoms with E-state index < -0.39 is 5.82 Å². The molecule has 8 heteroatoms. The Kier molecular flexibility index (Phi) is 6.15. The zero-order valence-corrected chi connectivity index (χ0v) is 19.3. The van der Waals surface area contributed by atoms with Gasteiger partial charge in [-0.15, -0.1) is 5.10 Å². The summed E-state index contributed by atoms with van der Waals surface area (Å²) in [5.74, 6) is 0.868. The molecule has 5 rings (SSSR count). The normalized spacial score (nSPS) is 12.9. The molecule has 4 aromatic rings. The van der Waals surface area contributed by atoms with Gasteiger partial charge in [-0.3, -0.25) is 4.79 Å². The SMILES string of the molecule is Cc1cc(-c2cnc3c(NCCC#N)cc(Oc4cccc(F)c4)nn23)ccc1C(=O)CC1CC1. The van der Waals surface area contributed by atoms with Gasteiger partial charge in [0.1, 0.15) is 11.6 Å². The van der Waals surface area contributed by atoms with Crippen LogP contribution in [0, 0.1) is 30.0 Å². The van der Waals surface area contributed by atoms with E-state index in [0.717, 1.165) is 35.2 Å². The lowest BCUT2D eigenvalue weighted by Crippen LogP contribution is -2.06. The molecule has 1 saturated carbocycles. The molecule has 2 heterocycles. The van der Waals surface area contributed by atoms with Gasteiger partial charge in [-0.05, 0) is 49.4 Å². The predicted molar refractivity (Wildman–Crippen MR) is 130 cm³/mol. The number of nitrogens with one attached hydrogen (secondary N) is 1. The summed E-state index contributed by atoms with van der Waals surface area (Å²) >= 11 is 0. The van der Waals surface area contributed by atoms with Crippen LogP contribution in [-0.2, 0) is 0 Å². The van der Waals surface area contributed by atoms with Crippen LogP contribution in [0.25, 0.3) is 16.9 Å². The Morgan fingerprint density at radius 1 is 1.26 bits per heavy atom. The Bertz CT molecular complexity index is 1450. The lowest BCUT2D eigenvalue weighted by molar-refractivity contribution is 0.0975. The fourth-order valence-electron chi connectivity index (χ4n) is 4.06. The lowest BCUT2D eigenvalue weighted by Gasteiger charge is -2.12. The molecule has 0 amide bonds. The van der Waals surface area contributed by atoms with E-state index in [9.17, 15) is 9.18 Å². The maximum Gasteiger partial charge on any atom is 0.239 e. The van der Waals surface area contributed by atoms with E-state index >= 15 is 0 Å². The molecule has 0 aliphatic heterocycles. The van der Waals surface area contributed by atoms with Crippen LogP contribution < -0.4 is 10.1 Å². The summed E-state index contributed by atoms with van der Waals surface area (Å²) in [5.41, 5.74) is 4.43. The highest BCUT2D eigenvalue weighted by Crippen LogP contribution is 2.34. The van der Waals surface area contributed by atoms with Crippen molar-refractivity contribution in [3.05, 3.63) is 71.7 Å². The van der Waals surface area contributed by atoms with Crippen molar-refractivity contribution in [3.8, 4) is 29.0 Å². The number of ether oxygens (including phenoxy) is 1. The van der Waals surface area contributed by atoms with Gasteiger partial charge in [-0.1, -0.05) is 18.2 Å². The molecule has 0 bridgehead atoms. The van der Waals surface area contributed by atoms with Gasteiger partial charge in [0.25, 0.3) is 0 Å². The second kappa shape index (κ2) is 9.55. The van der Waals surface area contributed by atoms with Crippen molar-refractivity contribution in [2.75, 3.05) is 11.9 Å². The molecule has 1 aliphatic rings. The number of ketones is 1. The average molecular weight is 470 g/mol. The molecule has 0 saturated heterocycles. The van der Waals surface area contributed by atoms with Crippen LogP contribution in [0.4, 0.5) is 10.1 Å². The van der Waals surface area contributed by atoms with Gasteiger partial charge in [-0.2, -0.15) is 5.26 Å². The number of imidazole rings is 1. The first-order valence-corrected chi connectivity index (χ1v) is 11.6. The van der Waals surface area contributed by atoms with Crippen molar-refractivity contribution >= 4 is 17.1 Å². The number of nitrogens with zero attached hydrogens (tertiary/aromatic N) is 4. The summed E-state index contributed by atoms with van der Waals surface area (Å²) in [5, 5.41) is 16.7. The summed E-state index contributed by atoms with van der Waals surface area (Å²) in [6.07, 6.45) is 4.92. The van der Waals surface area contributed by atoms with Gasteiger partial charge in [0.2, 0.25) is 5.88 Å². The van der Waals surface area contributed by atoms with Gasteiger partial charge in [0.05, 0.1) is 30.1 Å². The van der Waals surface area contributed by atoms with Crippen molar-refractivity contribution < 1.29 is 13.9 Å². The van der Waals surface area contributed by atoms with Crippen molar-refractivity contribution in [3.63, 3.8) is 0 Å². The summed E-state index contributed by atoms with van der Waals surface area (Å²) in [4.78, 5) is 17.2. The number of aryl methyl sites for hydroxylation is 1. The van der Waals surface area contributed by atoms with Crippen LogP contribution in [0.15, 0.2) is 54.7 Å². The van der Waals surface area contributed by atoms with Crippen LogP contribution in [0.3, 0.4) is 0 Å². The van der Waals surface area contributed by atoms with E-state index in [2.05, 4.69) is 21.5 Å². The molecule has 0 spiro atoms. The fourth-order valence-corrected chi connectivity index (χ4v) is 4.06. The van der Waals surface area contributed by atoms with Crippen LogP contribution in [-0.4, -0.2) is 26.9 Å². The van der Waals surface area contributed by atoms with Crippen LogP contribution in [0.5, 0.6) is 11.6 Å². The number of fused-ring (bicyclic) bond motifs is 1. The summed E-state index contributed by atoms with van der Waals surface area (Å²) in [6.45, 7) is 2.36. The molecule has 0 unspecified atom stereocenters. The maximum absolute atomic E-state index is 13.7. The highest BCUT2D eigenvalue weighted by molar-refractivity contribution is 5.98. The third kappa shape index (κ3) is 4.99. The Morgan fingerprint density at radius 3 is 2.86 bits per heavy atom. The van der Waals surface area contributed by atoms with Crippen molar-refractivity contribution in [1.82, 2.24) is 14.6 Å². The quantitative estimate of drug-likeness (QED) is 0.241. The van der Waals surface area contributed by atoms with Gasteiger partial charge >= 0.3 is 0 Å². The number of aromatic nitrogens is 3. The molecule has 176 valence electrons. The van der Waals surface area contributed by atoms with Crippen LogP contribution in [0.2, 0.25) is 0 Å². The molecular formula is C27H24FN5O2. The molecule has 0 atom stereocenters. The molecule has 1 aliphatic carbocycles. The molecule has 0 radical (unpaired) electrons. The topological polar surface area (TPSA) is 92.3 Å². The smallest absolute Gasteiger partial charge is 0.239 e. The summed E-state index contributed by atoms with van der Waals surface area (Å²) in [6, 6.07) is 15.4. The number of carbonyl (C=O) groups excluding carboxylic acids is 1. The molecule has 1 N–H and O–H groups in total. The lowest BCUT2D eigenvalue weighted by atomic mass is 9.98. The minimum atomic E-state index is -0.411. The second-order valence-electron chi connectivity index (χ2n) is 8.77. The zero-order valence-electron chi connectivity index (χ0n) is 19.3. The first kappa shape index (κ1) is 22.5. The Labute approximate surface area is 202 Å². The Hall–Kier alpha value is -4.25. The Morgan fingerprint density at radius 2 is 2.11 bits per heavy atom. The summed E-state index contributed by atoms with van der Waals surface area (Å²) in [7, 11) is 0. The molecule has 7 nitrogen and oxygen atoms in total. The van der Waals surface area contributed by atoms with Gasteiger partial charge < -0.3 is 10.1 Å². The summed E-state index contributed by atoms with van der Waals surface area (Å²) < 4.78 is 21.2. The van der Waals surface area contributed by atoms with Crippen molar-refractivity contribution in [1.29, 1.82) is 5.26 Å². The number of Topliss-reactive ketones (excluding diaryl/α,β-unsaturated/α-hetero) is 1. The molecule has 35 heavy (non-hydrogen) atoms. The minimum Gasteiger partial charge on any atom is -0.437 e. The molecule has 1 fully saturated rings. The number of benzene rings is 2. The Balaban J connectivity index is 1.53. The van der Waals surface area contributed by atoms with E-state index in [4.69, 9.17) is 10.00 Å². The number of halogens is 1. The molecule has 2 aromatic heterocycles. The van der Waals surface area contributed by atoms with E-state index in [1.807, 2.05) is 25.1 Å². The fraction of sp³-hybridized carbons (Fsp3) is 0.259. The largest absolute Gasteiger partial charge is 0.437 e. The zero-order chi connectivity index (χ0) is 24.4. The van der Waals surface area contributed by atoms with E-state index in [1.54, 1.807) is 28.9 Å². The highest BCUT2D eigenvalue weighted by Gasteiger charge is 2.25. The van der Waals surface area contributed by atoms with Gasteiger partial charge in [0.15, 0.2) is 11.4 Å². The highest BCUT2D eigenvalue weighted by atomic mass is 19.1. The van der Waals surface area contributed by atoms with Gasteiger partial charge in [-0.25, -0.2) is 13.9 Å². The third-order valence-corrected chi connectivity index (χ3v) is 6.01. The van der Waals surface area contributed by atoms with Crippen LogP contribution in [0.1, 0.15) is 41.6 Å². The van der Waals surface area contributed by atoms with Gasteiger partial charge in [0, 0.05) is 36.2 Å². The van der Waals surface area contributed by atoms with Crippen LogP contribution >= 0.6 is 0 Å². The first-order valence-electron chi connectivity index (χ1n) is 11.6. The number of carbonyl (C=O) groups is 1. The molecule has 2 aromatic carbocycles. The number of hydrogen-bond acceptors (Lipinski definition) is 6. The first-order chi connectivity index (χ1) is 17.0. The third-order valence-electron chi connectivity index (χ3n) is 6.01. The van der Waals surface area contributed by atoms with Crippen molar-refractivity contribution in [2.45, 2.75) is 32.6 Å². The monoisotopic (exact) mass is 469 g/mol. The number of rotatable bonds is 9. The number of nitriles is 1. The molecular weight excluding hydrogens is 445 g/mol. The van der Waals surface area contributed by atoms with E-state index in [1.165, 1.54) is 12.1 Å². The van der Waals surface area contributed by atoms with Crippen molar-refractivity contribution in [2.24, 2.45) is 5.92 Å². The second-order valence-corrected chi connectivity index (χ2v) is 8.77. The van der Waals surface area contributed by atoms with E-state index in [0.29, 0.717) is 42.4 Å². The van der Waals surface area contributed by atoms with E-state index in [-0.39, 0.29) is 11.7 Å².